The zero-order valence-corrected chi connectivity index (χ0v) is 51.3. The predicted octanol–water partition coefficient (Wildman–Crippen LogP) is 6.22. The van der Waals surface area contributed by atoms with Crippen LogP contribution in [0.4, 0.5) is 11.4 Å². The van der Waals surface area contributed by atoms with Crippen LogP contribution in [0.25, 0.3) is 0 Å². The second-order valence-electron chi connectivity index (χ2n) is 17.9. The molecule has 1 unspecified atom stereocenters. The lowest BCUT2D eigenvalue weighted by atomic mass is 9.84. The average molecular weight is 1170 g/mol. The van der Waals surface area contributed by atoms with Gasteiger partial charge in [-0.15, -0.1) is 23.5 Å². The minimum Gasteiger partial charge on any atom is -0.367 e. The Morgan fingerprint density at radius 3 is 1.21 bits per heavy atom. The smallest absolute Gasteiger partial charge is 0.247 e. The molecule has 2 aromatic carbocycles. The summed E-state index contributed by atoms with van der Waals surface area (Å²) in [6.07, 6.45) is 4.35. The van der Waals surface area contributed by atoms with Gasteiger partial charge in [-0.05, 0) is 124 Å². The van der Waals surface area contributed by atoms with Crippen molar-refractivity contribution in [1.29, 1.82) is 0 Å². The van der Waals surface area contributed by atoms with Gasteiger partial charge in [0.25, 0.3) is 0 Å². The van der Waals surface area contributed by atoms with Crippen LogP contribution in [0.5, 0.6) is 0 Å². The number of rotatable bonds is 13. The molecule has 4 aliphatic heterocycles. The minimum absolute atomic E-state index is 0. The topological polar surface area (TPSA) is 147 Å². The van der Waals surface area contributed by atoms with E-state index >= 15 is 0 Å². The van der Waals surface area contributed by atoms with Crippen LogP contribution in [-0.2, 0) is 32.0 Å². The van der Waals surface area contributed by atoms with Gasteiger partial charge < -0.3 is 41.7 Å². The third-order valence-electron chi connectivity index (χ3n) is 12.5. The highest BCUT2D eigenvalue weighted by atomic mass is 32.2. The molecule has 0 saturated carbocycles. The Bertz CT molecular complexity index is 1820. The Morgan fingerprint density at radius 1 is 0.603 bits per heavy atom. The second kappa shape index (κ2) is 31.3. The second-order valence-corrected chi connectivity index (χ2v) is 21.4. The first-order valence-electron chi connectivity index (χ1n) is 21.1. The van der Waals surface area contributed by atoms with Crippen molar-refractivity contribution in [2.45, 2.75) is 127 Å². The van der Waals surface area contributed by atoms with Crippen molar-refractivity contribution in [2.75, 3.05) is 36.2 Å². The van der Waals surface area contributed by atoms with Gasteiger partial charge in [0, 0.05) is 11.4 Å². The number of hydrogen-bond donors (Lipinski definition) is 6. The van der Waals surface area contributed by atoms with E-state index in [1.165, 1.54) is 0 Å². The van der Waals surface area contributed by atoms with Crippen molar-refractivity contribution in [2.24, 2.45) is 10.8 Å². The quantitative estimate of drug-likeness (QED) is 0.127. The van der Waals surface area contributed by atoms with Gasteiger partial charge in [0.1, 0.15) is 24.2 Å². The monoisotopic (exact) mass is 1170 g/mol. The van der Waals surface area contributed by atoms with Crippen molar-refractivity contribution < 1.29 is 19.2 Å². The van der Waals surface area contributed by atoms with Crippen LogP contribution in [-0.4, -0.2) is 116 Å². The molecule has 390 valence electrons. The molecule has 4 saturated heterocycles. The summed E-state index contributed by atoms with van der Waals surface area (Å²) >= 11 is 14.6. The Kier molecular flexibility index (Phi) is 33.0. The standard InChI is InChI=1S/C44H62N8O4S4.8H2S/c1-25(45-7)39(57)49-31-19-21-59-33-23-43(3,4)35(51(33)41(31)55)37(53)47-29-15-11-27(12-16-29)9-10-28-13-17-30(18-14-28)48-38(54)36-44(5,6)24-34-52(36)42(56)32(20-22-60-34)50-40(58)26(2)46-8;;;;;;;;/h11-18,25-26,31-36,45-46H,9-10,19-24H2,1-8H3,(H,47,53)(H,48,54)(H,49,57)(H,50,58);8*1H2/t25-,26-,31-,32-,33-,34+,35?,36+;;;;;;;;/m0......../s1. The lowest BCUT2D eigenvalue weighted by Crippen LogP contribution is -2.56. The number of benzene rings is 2. The van der Waals surface area contributed by atoms with E-state index in [0.717, 1.165) is 48.3 Å². The molecule has 4 amide bonds. The number of carbonyl (C=O) groups is 4. The van der Waals surface area contributed by atoms with Gasteiger partial charge >= 0.3 is 0 Å². The van der Waals surface area contributed by atoms with Gasteiger partial charge in [0.05, 0.1) is 32.8 Å². The van der Waals surface area contributed by atoms with E-state index in [-0.39, 0.29) is 154 Å². The molecule has 24 heteroatoms. The van der Waals surface area contributed by atoms with E-state index < -0.39 is 35.0 Å². The summed E-state index contributed by atoms with van der Waals surface area (Å²) in [6, 6.07) is 13.5. The number of fused-ring (bicyclic) bond motifs is 2. The molecule has 0 radical (unpaired) electrons. The maximum absolute atomic E-state index is 14.0. The summed E-state index contributed by atoms with van der Waals surface area (Å²) in [5.74, 6) is 1.10. The fraction of sp³-hybridized carbons (Fsp3) is 0.591. The summed E-state index contributed by atoms with van der Waals surface area (Å²) in [6.45, 7) is 12.2. The molecule has 12 nitrogen and oxygen atoms in total. The number of carbonyl (C=O) groups excluding carboxylic acids is 4. The van der Waals surface area contributed by atoms with Crippen LogP contribution >= 0.6 is 156 Å². The molecule has 0 bridgehead atoms. The summed E-state index contributed by atoms with van der Waals surface area (Å²) in [5.41, 5.74) is 2.81. The van der Waals surface area contributed by atoms with Crippen LogP contribution in [0.3, 0.4) is 0 Å². The van der Waals surface area contributed by atoms with E-state index in [0.29, 0.717) is 34.2 Å². The van der Waals surface area contributed by atoms with Crippen molar-refractivity contribution in [1.82, 2.24) is 31.1 Å². The van der Waals surface area contributed by atoms with E-state index in [9.17, 15) is 19.2 Å². The van der Waals surface area contributed by atoms with Crippen LogP contribution in [0.1, 0.15) is 78.4 Å². The number of thiocarbonyl (C=S) groups is 2. The number of anilines is 2. The first-order chi connectivity index (χ1) is 28.4. The summed E-state index contributed by atoms with van der Waals surface area (Å²) in [7, 11) is 3.67. The van der Waals surface area contributed by atoms with Crippen molar-refractivity contribution in [3.05, 3.63) is 59.7 Å². The Hall–Kier alpha value is -0.480. The fourth-order valence-electron chi connectivity index (χ4n) is 8.78. The molecule has 4 heterocycles. The molecule has 8 atom stereocenters. The van der Waals surface area contributed by atoms with Crippen LogP contribution < -0.4 is 31.9 Å². The highest BCUT2D eigenvalue weighted by Crippen LogP contribution is 2.48. The molecule has 6 N–H and O–H groups in total. The lowest BCUT2D eigenvalue weighted by Gasteiger charge is -2.34. The van der Waals surface area contributed by atoms with Crippen molar-refractivity contribution >= 4 is 201 Å². The third-order valence-corrected chi connectivity index (χ3v) is 16.0. The number of nitrogens with one attached hydrogen (secondary N) is 6. The van der Waals surface area contributed by atoms with Gasteiger partial charge in [0.15, 0.2) is 0 Å². The van der Waals surface area contributed by atoms with Gasteiger partial charge in [-0.25, -0.2) is 0 Å². The van der Waals surface area contributed by atoms with Crippen LogP contribution in [0.2, 0.25) is 0 Å². The van der Waals surface area contributed by atoms with Gasteiger partial charge in [-0.1, -0.05) is 76.4 Å². The van der Waals surface area contributed by atoms with Gasteiger partial charge in [0.2, 0.25) is 23.6 Å². The highest BCUT2D eigenvalue weighted by molar-refractivity contribution is 8.00. The number of nitrogens with zero attached hydrogens (tertiary/aromatic N) is 2. The van der Waals surface area contributed by atoms with Crippen LogP contribution in [0, 0.1) is 10.8 Å². The molecule has 6 rings (SSSR count). The Balaban J connectivity index is -0.00000528. The molecular weight excluding hydrogens is 1090 g/mol. The fourth-order valence-corrected chi connectivity index (χ4v) is 12.5. The first-order valence-corrected chi connectivity index (χ1v) is 24.0. The number of amides is 4. The zero-order valence-electron chi connectivity index (χ0n) is 40.1. The van der Waals surface area contributed by atoms with E-state index in [2.05, 4.69) is 59.6 Å². The zero-order chi connectivity index (χ0) is 43.5. The number of likely N-dealkylation sites (N-methyl/N-ethyl adjacent to an activating group) is 2. The van der Waals surface area contributed by atoms with Crippen molar-refractivity contribution in [3.8, 4) is 0 Å². The number of thioether (sulfide) groups is 2. The summed E-state index contributed by atoms with van der Waals surface area (Å²) in [4.78, 5) is 60.7. The number of hydrogen-bond acceptors (Lipinski definition) is 10. The predicted molar refractivity (Wildman–Crippen MR) is 336 cm³/mol. The maximum Gasteiger partial charge on any atom is 0.247 e. The van der Waals surface area contributed by atoms with E-state index in [1.807, 2.05) is 76.5 Å². The van der Waals surface area contributed by atoms with Gasteiger partial charge in [-0.3, -0.25) is 19.2 Å². The molecule has 68 heavy (non-hydrogen) atoms. The largest absolute Gasteiger partial charge is 0.367 e. The Labute approximate surface area is 480 Å². The van der Waals surface area contributed by atoms with E-state index in [1.54, 1.807) is 33.3 Å². The molecule has 0 aliphatic carbocycles. The lowest BCUT2D eigenvalue weighted by molar-refractivity contribution is -0.140. The molecule has 4 aliphatic rings. The SMILES string of the molecule is CN[C@@H](C)C(=S)N[C@H]1CCS[C@H]2CC(C)(C)C(C(=O)Nc3ccc(CCc4ccc(NC(=O)[C@H]5N6C(=O)[C@@H](NC(=S)[C@H](C)NC)CCS[C@@H]6CC5(C)C)cc4)cc3)N2C1=O.S.S.S.S.S.S.S.S. The highest BCUT2D eigenvalue weighted by Gasteiger charge is 2.55. The average Bonchev–Trinajstić information content (AvgIpc) is 3.53. The van der Waals surface area contributed by atoms with Crippen LogP contribution in [0.15, 0.2) is 48.5 Å². The van der Waals surface area contributed by atoms with Crippen molar-refractivity contribution in [3.63, 3.8) is 0 Å². The normalized spacial score (nSPS) is 23.6. The third kappa shape index (κ3) is 17.0. The first kappa shape index (κ1) is 71.8. The molecular formula is C44H78N8O4S12. The maximum atomic E-state index is 14.0. The minimum atomic E-state index is -0.614. The van der Waals surface area contributed by atoms with E-state index in [4.69, 9.17) is 24.4 Å². The molecule has 0 spiro atoms. The van der Waals surface area contributed by atoms with Gasteiger partial charge in [-0.2, -0.15) is 108 Å². The molecule has 2 aromatic rings. The Morgan fingerprint density at radius 2 is 0.912 bits per heavy atom. The molecule has 4 fully saturated rings. The molecule has 0 aromatic heterocycles. The number of aryl methyl sites for hydroxylation is 2. The summed E-state index contributed by atoms with van der Waals surface area (Å²) < 4.78 is 0. The summed E-state index contributed by atoms with van der Waals surface area (Å²) in [5, 5.41) is 18.9.